The third-order valence-corrected chi connectivity index (χ3v) is 8.28. The number of ether oxygens (including phenoxy) is 2. The molecular weight excluding hydrogens is 533 g/mol. The molecule has 1 aromatic heterocycles. The molecule has 214 valence electrons. The third kappa shape index (κ3) is 8.31. The van der Waals surface area contributed by atoms with Crippen LogP contribution in [0.3, 0.4) is 0 Å². The standard InChI is InChI=1S/C36H41NO4.Na/c1-3-7-27-11-13-29(14-12-27)25-40-32-21-17-31(18-22-32)37-26(2)10-23-34(37)30-15-19-33(20-16-30)41-35(36(38)39)24-28-8-5-4-6-9-28;/h4-6,8-10,15-23,27,29,35H,3,7,11-14,24-25H2,1-2H3,(H,38,39);/q;+1/p-1/t27?,29?,35-;/m1./s1. The Bertz CT molecular complexity index is 1390. The first kappa shape index (κ1) is 31.9. The fourth-order valence-electron chi connectivity index (χ4n) is 5.98. The molecule has 1 fully saturated rings. The van der Waals surface area contributed by atoms with Gasteiger partial charge >= 0.3 is 29.6 Å². The molecule has 3 aromatic carbocycles. The van der Waals surface area contributed by atoms with Crippen molar-refractivity contribution in [3.8, 4) is 28.4 Å². The molecule has 0 spiro atoms. The number of carboxylic acids is 1. The number of benzene rings is 3. The van der Waals surface area contributed by atoms with Gasteiger partial charge in [-0.3, -0.25) is 0 Å². The first-order valence-electron chi connectivity index (χ1n) is 14.9. The fraction of sp³-hybridized carbons (Fsp3) is 0.361. The smallest absolute Gasteiger partial charge is 0.546 e. The Hall–Kier alpha value is -2.99. The molecule has 0 aliphatic heterocycles. The van der Waals surface area contributed by atoms with Gasteiger partial charge in [-0.05, 0) is 103 Å². The zero-order valence-corrected chi connectivity index (χ0v) is 27.1. The molecule has 6 heteroatoms. The second-order valence-electron chi connectivity index (χ2n) is 11.3. The minimum absolute atomic E-state index is 0. The maximum absolute atomic E-state index is 11.7. The topological polar surface area (TPSA) is 63.5 Å². The second-order valence-corrected chi connectivity index (χ2v) is 11.3. The molecular formula is C36H40NNaO4. The van der Waals surface area contributed by atoms with Gasteiger partial charge < -0.3 is 23.9 Å². The van der Waals surface area contributed by atoms with Crippen molar-refractivity contribution in [2.45, 2.75) is 64.9 Å². The number of hydrogen-bond acceptors (Lipinski definition) is 4. The Morgan fingerprint density at radius 3 is 2.14 bits per heavy atom. The number of nitrogens with zero attached hydrogens (tertiary/aromatic N) is 1. The van der Waals surface area contributed by atoms with E-state index in [-0.39, 0.29) is 36.0 Å². The van der Waals surface area contributed by atoms with E-state index in [1.165, 1.54) is 38.5 Å². The SMILES string of the molecule is CCCC1CCC(COc2ccc(-n3c(C)ccc3-c3ccc(O[C@H](Cc4ccccc4)C(=O)[O-])cc3)cc2)CC1.[Na+]. The minimum atomic E-state index is -1.23. The summed E-state index contributed by atoms with van der Waals surface area (Å²) in [7, 11) is 0. The van der Waals surface area contributed by atoms with Crippen LogP contribution in [-0.2, 0) is 11.2 Å². The number of carboxylic acid groups (broad SMARTS) is 1. The maximum atomic E-state index is 11.7. The Morgan fingerprint density at radius 2 is 1.50 bits per heavy atom. The molecule has 1 aliphatic rings. The van der Waals surface area contributed by atoms with E-state index in [1.54, 1.807) is 0 Å². The molecule has 0 bridgehead atoms. The number of hydrogen-bond donors (Lipinski definition) is 0. The van der Waals surface area contributed by atoms with Crippen molar-refractivity contribution in [2.24, 2.45) is 11.8 Å². The van der Waals surface area contributed by atoms with E-state index in [4.69, 9.17) is 9.47 Å². The van der Waals surface area contributed by atoms with E-state index in [0.29, 0.717) is 11.7 Å². The fourth-order valence-corrected chi connectivity index (χ4v) is 5.98. The van der Waals surface area contributed by atoms with Crippen molar-refractivity contribution < 1.29 is 48.9 Å². The summed E-state index contributed by atoms with van der Waals surface area (Å²) < 4.78 is 14.2. The number of aromatic nitrogens is 1. The summed E-state index contributed by atoms with van der Waals surface area (Å²) in [6.45, 7) is 5.17. The van der Waals surface area contributed by atoms with Crippen LogP contribution in [-0.4, -0.2) is 23.2 Å². The van der Waals surface area contributed by atoms with E-state index in [2.05, 4.69) is 54.8 Å². The second kappa shape index (κ2) is 15.5. The Balaban J connectivity index is 0.00000405. The molecule has 5 nitrogen and oxygen atoms in total. The van der Waals surface area contributed by atoms with Gasteiger partial charge in [-0.25, -0.2) is 0 Å². The van der Waals surface area contributed by atoms with Crippen molar-refractivity contribution in [1.29, 1.82) is 0 Å². The van der Waals surface area contributed by atoms with Gasteiger partial charge in [-0.15, -0.1) is 0 Å². The molecule has 1 saturated carbocycles. The predicted octanol–water partition coefficient (Wildman–Crippen LogP) is 4.18. The molecule has 4 aromatic rings. The summed E-state index contributed by atoms with van der Waals surface area (Å²) in [5, 5.41) is 11.7. The Kier molecular flexibility index (Phi) is 11.8. The van der Waals surface area contributed by atoms with E-state index in [1.807, 2.05) is 54.6 Å². The summed E-state index contributed by atoms with van der Waals surface area (Å²) >= 11 is 0. The molecule has 1 aliphatic carbocycles. The van der Waals surface area contributed by atoms with Gasteiger partial charge in [-0.1, -0.05) is 62.9 Å². The summed E-state index contributed by atoms with van der Waals surface area (Å²) in [5.74, 6) is 1.75. The number of aliphatic carboxylic acids is 1. The first-order valence-corrected chi connectivity index (χ1v) is 14.9. The largest absolute Gasteiger partial charge is 1.00 e. The van der Waals surface area contributed by atoms with Crippen molar-refractivity contribution in [2.75, 3.05) is 6.61 Å². The number of aryl methyl sites for hydroxylation is 1. The van der Waals surface area contributed by atoms with Crippen LogP contribution in [0.1, 0.15) is 56.7 Å². The van der Waals surface area contributed by atoms with Gasteiger partial charge in [0.15, 0.2) is 0 Å². The van der Waals surface area contributed by atoms with Crippen molar-refractivity contribution in [3.05, 3.63) is 102 Å². The minimum Gasteiger partial charge on any atom is -0.546 e. The van der Waals surface area contributed by atoms with E-state index in [0.717, 1.165) is 46.5 Å². The molecule has 0 saturated heterocycles. The quantitative estimate of drug-likeness (QED) is 0.239. The Morgan fingerprint density at radius 1 is 0.857 bits per heavy atom. The van der Waals surface area contributed by atoms with Crippen LogP contribution in [0.25, 0.3) is 16.9 Å². The Labute approximate surface area is 272 Å². The normalized spacial score (nSPS) is 17.2. The average molecular weight is 574 g/mol. The predicted molar refractivity (Wildman–Crippen MR) is 161 cm³/mol. The molecule has 1 heterocycles. The molecule has 42 heavy (non-hydrogen) atoms. The molecule has 0 amide bonds. The number of carbonyl (C=O) groups is 1. The van der Waals surface area contributed by atoms with Gasteiger partial charge in [0.1, 0.15) is 17.6 Å². The average Bonchev–Trinajstić information content (AvgIpc) is 3.39. The van der Waals surface area contributed by atoms with Crippen molar-refractivity contribution in [3.63, 3.8) is 0 Å². The summed E-state index contributed by atoms with van der Waals surface area (Å²) in [6.07, 6.45) is 7.08. The first-order chi connectivity index (χ1) is 20.0. The molecule has 5 rings (SSSR count). The van der Waals surface area contributed by atoms with Crippen LogP contribution in [0.5, 0.6) is 11.5 Å². The van der Waals surface area contributed by atoms with Crippen molar-refractivity contribution in [1.82, 2.24) is 4.57 Å². The van der Waals surface area contributed by atoms with Crippen LogP contribution < -0.4 is 44.1 Å². The molecule has 0 radical (unpaired) electrons. The molecule has 1 atom stereocenters. The van der Waals surface area contributed by atoms with Gasteiger partial charge in [0, 0.05) is 17.8 Å². The summed E-state index contributed by atoms with van der Waals surface area (Å²) in [6, 6.07) is 29.5. The number of rotatable bonds is 12. The molecule has 0 N–H and O–H groups in total. The zero-order chi connectivity index (χ0) is 28.6. The maximum Gasteiger partial charge on any atom is 1.00 e. The number of carbonyl (C=O) groups excluding carboxylic acids is 1. The molecule has 0 unspecified atom stereocenters. The van der Waals surface area contributed by atoms with Crippen molar-refractivity contribution >= 4 is 5.97 Å². The van der Waals surface area contributed by atoms with Gasteiger partial charge in [-0.2, -0.15) is 0 Å². The summed E-state index contributed by atoms with van der Waals surface area (Å²) in [4.78, 5) is 11.7. The van der Waals surface area contributed by atoms with Crippen LogP contribution >= 0.6 is 0 Å². The summed E-state index contributed by atoms with van der Waals surface area (Å²) in [5.41, 5.74) is 5.13. The van der Waals surface area contributed by atoms with E-state index < -0.39 is 12.1 Å². The van der Waals surface area contributed by atoms with Gasteiger partial charge in [0.05, 0.1) is 18.3 Å². The van der Waals surface area contributed by atoms with Crippen LogP contribution in [0, 0.1) is 18.8 Å². The van der Waals surface area contributed by atoms with Crippen LogP contribution in [0.15, 0.2) is 91.0 Å². The van der Waals surface area contributed by atoms with E-state index in [9.17, 15) is 9.90 Å². The van der Waals surface area contributed by atoms with E-state index >= 15 is 0 Å². The third-order valence-electron chi connectivity index (χ3n) is 8.28. The van der Waals surface area contributed by atoms with Crippen LogP contribution in [0.4, 0.5) is 0 Å². The van der Waals surface area contributed by atoms with Gasteiger partial charge in [0.25, 0.3) is 0 Å². The monoisotopic (exact) mass is 573 g/mol. The van der Waals surface area contributed by atoms with Gasteiger partial charge in [0.2, 0.25) is 0 Å². The van der Waals surface area contributed by atoms with Crippen LogP contribution in [0.2, 0.25) is 0 Å². The zero-order valence-electron chi connectivity index (χ0n) is 25.1.